The summed E-state index contributed by atoms with van der Waals surface area (Å²) in [4.78, 5) is 4.19. The monoisotopic (exact) mass is 454 g/mol. The van der Waals surface area contributed by atoms with E-state index in [9.17, 15) is 9.60 Å². The van der Waals surface area contributed by atoms with Gasteiger partial charge >= 0.3 is 0 Å². The minimum atomic E-state index is -0.426. The number of halogens is 2. The summed E-state index contributed by atoms with van der Waals surface area (Å²) in [5.74, 6) is -0.186. The van der Waals surface area contributed by atoms with Crippen LogP contribution in [0.4, 0.5) is 15.9 Å². The third kappa shape index (κ3) is 4.88. The highest BCUT2D eigenvalue weighted by Crippen LogP contribution is 2.23. The molecule has 13 heteroatoms. The van der Waals surface area contributed by atoms with Gasteiger partial charge in [-0.25, -0.2) is 14.0 Å². The molecule has 0 amide bonds. The zero-order chi connectivity index (χ0) is 19.9. The summed E-state index contributed by atoms with van der Waals surface area (Å²) in [5.41, 5.74) is 3.20. The summed E-state index contributed by atoms with van der Waals surface area (Å²) in [6, 6.07) is 4.14. The van der Waals surface area contributed by atoms with Gasteiger partial charge in [-0.1, -0.05) is 5.21 Å². The fraction of sp³-hybridized carbons (Fsp3) is 0.267. The molecule has 0 aliphatic heterocycles. The smallest absolute Gasteiger partial charge is 0.202 e. The van der Waals surface area contributed by atoms with Gasteiger partial charge in [0, 0.05) is 13.7 Å². The Morgan fingerprint density at radius 1 is 1.43 bits per heavy atom. The van der Waals surface area contributed by atoms with Crippen LogP contribution in [0.15, 0.2) is 38.5 Å². The molecule has 0 fully saturated rings. The number of hydrogen-bond acceptors (Lipinski definition) is 9. The first-order valence-corrected chi connectivity index (χ1v) is 8.78. The molecule has 11 nitrogen and oxygen atoms in total. The second-order valence-electron chi connectivity index (χ2n) is 5.46. The summed E-state index contributed by atoms with van der Waals surface area (Å²) in [6.45, 7) is 1.30. The molecule has 0 aliphatic carbocycles. The van der Waals surface area contributed by atoms with Crippen LogP contribution in [0, 0.1) is 5.82 Å². The summed E-state index contributed by atoms with van der Waals surface area (Å²) in [5, 5.41) is 27.9. The van der Waals surface area contributed by atoms with Crippen molar-refractivity contribution in [2.75, 3.05) is 19.0 Å². The van der Waals surface area contributed by atoms with Crippen LogP contribution in [0.2, 0.25) is 0 Å². The van der Waals surface area contributed by atoms with Gasteiger partial charge in [0.05, 0.1) is 29.5 Å². The standard InChI is InChI=1S/C15H16BrFN8O3/c1-27-8-10-7-25(24-20-10)5-4-18-14-13(22-28-23-14)15(21-26)19-9-2-3-12(17)11(16)6-9/h2-3,6-7,26H,4-5,8H2,1H3,(H,18,23)(H,19,21). The van der Waals surface area contributed by atoms with Gasteiger partial charge in [-0.2, -0.15) is 0 Å². The quantitative estimate of drug-likeness (QED) is 0.264. The van der Waals surface area contributed by atoms with Crippen molar-refractivity contribution in [2.45, 2.75) is 13.2 Å². The van der Waals surface area contributed by atoms with Crippen molar-refractivity contribution < 1.29 is 19.0 Å². The van der Waals surface area contributed by atoms with Crippen molar-refractivity contribution >= 4 is 33.3 Å². The van der Waals surface area contributed by atoms with E-state index in [1.807, 2.05) is 5.48 Å². The van der Waals surface area contributed by atoms with E-state index in [-0.39, 0.29) is 21.8 Å². The van der Waals surface area contributed by atoms with E-state index in [0.29, 0.717) is 25.4 Å². The number of rotatable bonds is 8. The summed E-state index contributed by atoms with van der Waals surface area (Å²) in [7, 11) is 1.58. The van der Waals surface area contributed by atoms with E-state index in [4.69, 9.17) is 9.37 Å². The number of aromatic nitrogens is 5. The van der Waals surface area contributed by atoms with Gasteiger partial charge in [0.2, 0.25) is 5.82 Å². The zero-order valence-electron chi connectivity index (χ0n) is 14.6. The van der Waals surface area contributed by atoms with E-state index in [1.54, 1.807) is 18.0 Å². The molecule has 0 unspecified atom stereocenters. The Bertz CT molecular complexity index is 960. The maximum Gasteiger partial charge on any atom is 0.202 e. The van der Waals surface area contributed by atoms with Gasteiger partial charge in [0.1, 0.15) is 11.5 Å². The largest absolute Gasteiger partial charge is 0.378 e. The van der Waals surface area contributed by atoms with Crippen LogP contribution in [-0.2, 0) is 17.9 Å². The van der Waals surface area contributed by atoms with Crippen LogP contribution in [0.5, 0.6) is 0 Å². The average molecular weight is 455 g/mol. The molecule has 0 saturated carbocycles. The molecule has 3 N–H and O–H groups in total. The maximum absolute atomic E-state index is 13.4. The van der Waals surface area contributed by atoms with E-state index in [2.05, 4.69) is 46.9 Å². The Hall–Kier alpha value is -2.90. The summed E-state index contributed by atoms with van der Waals surface area (Å²) < 4.78 is 25.0. The second-order valence-corrected chi connectivity index (χ2v) is 6.32. The SMILES string of the molecule is COCc1cn(CCNc2nonc2C(=Nc2ccc(F)c(Br)c2)NO)nn1. The van der Waals surface area contributed by atoms with Gasteiger partial charge in [-0.05, 0) is 44.4 Å². The van der Waals surface area contributed by atoms with Crippen molar-refractivity contribution in [2.24, 2.45) is 4.99 Å². The van der Waals surface area contributed by atoms with Crippen LogP contribution in [0.1, 0.15) is 11.4 Å². The molecule has 0 atom stereocenters. The highest BCUT2D eigenvalue weighted by molar-refractivity contribution is 9.10. The third-order valence-electron chi connectivity index (χ3n) is 3.47. The molecule has 0 spiro atoms. The number of benzene rings is 1. The minimum absolute atomic E-state index is 0.0228. The first-order valence-electron chi connectivity index (χ1n) is 7.99. The van der Waals surface area contributed by atoms with Crippen LogP contribution >= 0.6 is 15.9 Å². The molecule has 0 saturated heterocycles. The highest BCUT2D eigenvalue weighted by Gasteiger charge is 2.16. The lowest BCUT2D eigenvalue weighted by Gasteiger charge is -2.06. The molecule has 28 heavy (non-hydrogen) atoms. The molecular formula is C15H16BrFN8O3. The summed E-state index contributed by atoms with van der Waals surface area (Å²) >= 11 is 3.08. The molecule has 148 valence electrons. The van der Waals surface area contributed by atoms with E-state index >= 15 is 0 Å². The van der Waals surface area contributed by atoms with Gasteiger partial charge < -0.3 is 10.1 Å². The number of hydroxylamine groups is 1. The summed E-state index contributed by atoms with van der Waals surface area (Å²) in [6.07, 6.45) is 1.77. The zero-order valence-corrected chi connectivity index (χ0v) is 16.2. The fourth-order valence-corrected chi connectivity index (χ4v) is 2.59. The number of hydrogen-bond donors (Lipinski definition) is 3. The molecule has 0 radical (unpaired) electrons. The van der Waals surface area contributed by atoms with Crippen molar-refractivity contribution in [1.82, 2.24) is 30.8 Å². The first kappa shape index (κ1) is 19.9. The lowest BCUT2D eigenvalue weighted by molar-refractivity contribution is 0.181. The van der Waals surface area contributed by atoms with Gasteiger partial charge in [-0.15, -0.1) is 5.10 Å². The Morgan fingerprint density at radius 3 is 3.04 bits per heavy atom. The molecule has 2 aromatic heterocycles. The number of nitrogens with one attached hydrogen (secondary N) is 2. The van der Waals surface area contributed by atoms with Crippen LogP contribution in [0.3, 0.4) is 0 Å². The number of methoxy groups -OCH3 is 1. The van der Waals surface area contributed by atoms with Gasteiger partial charge in [-0.3, -0.25) is 15.4 Å². The lowest BCUT2D eigenvalue weighted by Crippen LogP contribution is -2.22. The van der Waals surface area contributed by atoms with E-state index < -0.39 is 5.82 Å². The van der Waals surface area contributed by atoms with E-state index in [0.717, 1.165) is 5.69 Å². The number of aliphatic imine (C=N–C) groups is 1. The Morgan fingerprint density at radius 2 is 2.29 bits per heavy atom. The van der Waals surface area contributed by atoms with Gasteiger partial charge in [0.25, 0.3) is 0 Å². The van der Waals surface area contributed by atoms with Crippen molar-refractivity contribution in [1.29, 1.82) is 0 Å². The second kappa shape index (κ2) is 9.34. The Kier molecular flexibility index (Phi) is 6.62. The van der Waals surface area contributed by atoms with Crippen LogP contribution < -0.4 is 10.8 Å². The minimum Gasteiger partial charge on any atom is -0.378 e. The molecule has 1 aromatic carbocycles. The number of anilines is 1. The molecule has 0 aliphatic rings. The van der Waals surface area contributed by atoms with Crippen molar-refractivity contribution in [3.05, 3.63) is 46.1 Å². The first-order chi connectivity index (χ1) is 13.6. The van der Waals surface area contributed by atoms with E-state index in [1.165, 1.54) is 18.2 Å². The van der Waals surface area contributed by atoms with Crippen LogP contribution in [0.25, 0.3) is 0 Å². The molecule has 3 rings (SSSR count). The predicted octanol–water partition coefficient (Wildman–Crippen LogP) is 1.88. The fourth-order valence-electron chi connectivity index (χ4n) is 2.23. The topological polar surface area (TPSA) is 136 Å². The normalized spacial score (nSPS) is 11.6. The third-order valence-corrected chi connectivity index (χ3v) is 4.08. The van der Waals surface area contributed by atoms with Crippen molar-refractivity contribution in [3.63, 3.8) is 0 Å². The Balaban J connectivity index is 1.68. The highest BCUT2D eigenvalue weighted by atomic mass is 79.9. The predicted molar refractivity (Wildman–Crippen MR) is 98.7 cm³/mol. The molecule has 3 aromatic rings. The van der Waals surface area contributed by atoms with Crippen molar-refractivity contribution in [3.8, 4) is 0 Å². The molecule has 2 heterocycles. The lowest BCUT2D eigenvalue weighted by atomic mass is 10.3. The average Bonchev–Trinajstić information content (AvgIpc) is 3.33. The number of nitrogens with zero attached hydrogens (tertiary/aromatic N) is 6. The molecular weight excluding hydrogens is 439 g/mol. The van der Waals surface area contributed by atoms with Crippen LogP contribution in [-0.4, -0.2) is 50.0 Å². The van der Waals surface area contributed by atoms with Gasteiger partial charge in [0.15, 0.2) is 11.5 Å². The number of ether oxygens (including phenoxy) is 1. The molecule has 0 bridgehead atoms. The maximum atomic E-state index is 13.4. The number of amidine groups is 1. The Labute approximate surface area is 166 Å².